The molecule has 116 valence electrons. The normalized spacial score (nSPS) is 13.4. The van der Waals surface area contributed by atoms with Gasteiger partial charge < -0.3 is 20.8 Å². The minimum absolute atomic E-state index is 0.0916. The van der Waals surface area contributed by atoms with Gasteiger partial charge in [0.1, 0.15) is 11.8 Å². The molecule has 0 heterocycles. The lowest BCUT2D eigenvalue weighted by Gasteiger charge is -2.16. The third kappa shape index (κ3) is 6.27. The maximum Gasteiger partial charge on any atom is 0.326 e. The molecule has 0 saturated carbocycles. The molecule has 1 amide bonds. The average molecular weight is 294 g/mol. The Morgan fingerprint density at radius 2 is 1.86 bits per heavy atom. The molecule has 0 aromatic heterocycles. The summed E-state index contributed by atoms with van der Waals surface area (Å²) in [6.07, 6.45) is 1.06. The molecule has 1 rings (SSSR count). The number of aromatic hydroxyl groups is 1. The molecule has 6 heteroatoms. The number of carbonyl (C=O) groups is 2. The van der Waals surface area contributed by atoms with Crippen molar-refractivity contribution in [3.05, 3.63) is 29.8 Å². The fraction of sp³-hybridized carbons (Fsp3) is 0.467. The summed E-state index contributed by atoms with van der Waals surface area (Å²) in [4.78, 5) is 23.0. The number of hydrogen-bond donors (Lipinski definition) is 4. The second-order valence-corrected chi connectivity index (χ2v) is 5.02. The quantitative estimate of drug-likeness (QED) is 0.571. The highest BCUT2D eigenvalue weighted by Gasteiger charge is 2.20. The van der Waals surface area contributed by atoms with Crippen LogP contribution in [0.1, 0.15) is 25.8 Å². The third-order valence-electron chi connectivity index (χ3n) is 3.23. The fourth-order valence-corrected chi connectivity index (χ4v) is 1.72. The summed E-state index contributed by atoms with van der Waals surface area (Å²) >= 11 is 0. The molecular weight excluding hydrogens is 272 g/mol. The van der Waals surface area contributed by atoms with Crippen LogP contribution in [-0.2, 0) is 16.0 Å². The first-order chi connectivity index (χ1) is 9.92. The second kappa shape index (κ2) is 8.26. The predicted octanol–water partition coefficient (Wildman–Crippen LogP) is 0.892. The predicted molar refractivity (Wildman–Crippen MR) is 79.1 cm³/mol. The molecule has 1 aromatic carbocycles. The number of nitrogens with one attached hydrogen (secondary N) is 2. The maximum atomic E-state index is 11.7. The van der Waals surface area contributed by atoms with Crippen LogP contribution in [0.3, 0.4) is 0 Å². The van der Waals surface area contributed by atoms with E-state index in [9.17, 15) is 19.8 Å². The standard InChI is InChI=1S/C15H22N2O4/c1-3-10(2)16-9-14(19)17-13(15(20)21)8-11-4-6-12(18)7-5-11/h4-7,10,13,16,18H,3,8-9H2,1-2H3,(H,17,19)(H,20,21)/t10?,13-/m1/s1. The number of aliphatic carboxylic acids is 1. The highest BCUT2D eigenvalue weighted by molar-refractivity contribution is 5.84. The number of rotatable bonds is 8. The number of carbonyl (C=O) groups excluding carboxylic acids is 1. The number of amides is 1. The Labute approximate surface area is 124 Å². The molecule has 0 aliphatic carbocycles. The molecule has 0 spiro atoms. The minimum Gasteiger partial charge on any atom is -0.508 e. The first-order valence-electron chi connectivity index (χ1n) is 6.95. The lowest BCUT2D eigenvalue weighted by atomic mass is 10.1. The van der Waals surface area contributed by atoms with E-state index in [0.29, 0.717) is 0 Å². The van der Waals surface area contributed by atoms with Crippen molar-refractivity contribution >= 4 is 11.9 Å². The van der Waals surface area contributed by atoms with Crippen molar-refractivity contribution in [2.24, 2.45) is 0 Å². The van der Waals surface area contributed by atoms with Crippen LogP contribution >= 0.6 is 0 Å². The molecule has 0 bridgehead atoms. The number of hydrogen-bond acceptors (Lipinski definition) is 4. The van der Waals surface area contributed by atoms with Crippen molar-refractivity contribution in [3.63, 3.8) is 0 Å². The average Bonchev–Trinajstić information content (AvgIpc) is 2.46. The van der Waals surface area contributed by atoms with Gasteiger partial charge in [-0.3, -0.25) is 4.79 Å². The van der Waals surface area contributed by atoms with Crippen LogP contribution < -0.4 is 10.6 Å². The summed E-state index contributed by atoms with van der Waals surface area (Å²) in [6.45, 7) is 4.05. The molecule has 1 unspecified atom stereocenters. The number of benzene rings is 1. The zero-order valence-corrected chi connectivity index (χ0v) is 12.3. The van der Waals surface area contributed by atoms with E-state index in [0.717, 1.165) is 12.0 Å². The van der Waals surface area contributed by atoms with Gasteiger partial charge >= 0.3 is 5.97 Å². The Kier molecular flexibility index (Phi) is 6.68. The zero-order chi connectivity index (χ0) is 15.8. The third-order valence-corrected chi connectivity index (χ3v) is 3.23. The molecule has 0 aliphatic heterocycles. The van der Waals surface area contributed by atoms with Gasteiger partial charge in [-0.25, -0.2) is 4.79 Å². The first-order valence-corrected chi connectivity index (χ1v) is 6.95. The van der Waals surface area contributed by atoms with Crippen LogP contribution in [0.4, 0.5) is 0 Å². The lowest BCUT2D eigenvalue weighted by molar-refractivity contribution is -0.141. The summed E-state index contributed by atoms with van der Waals surface area (Å²) < 4.78 is 0. The van der Waals surface area contributed by atoms with Crippen molar-refractivity contribution in [2.75, 3.05) is 6.54 Å². The van der Waals surface area contributed by atoms with Crippen LogP contribution in [0.2, 0.25) is 0 Å². The minimum atomic E-state index is -1.08. The van der Waals surface area contributed by atoms with Crippen LogP contribution in [0.5, 0.6) is 5.75 Å². The molecule has 0 radical (unpaired) electrons. The van der Waals surface area contributed by atoms with Crippen LogP contribution in [-0.4, -0.2) is 40.7 Å². The molecule has 4 N–H and O–H groups in total. The molecule has 21 heavy (non-hydrogen) atoms. The van der Waals surface area contributed by atoms with Gasteiger partial charge in [0, 0.05) is 12.5 Å². The van der Waals surface area contributed by atoms with E-state index in [1.54, 1.807) is 12.1 Å². The van der Waals surface area contributed by atoms with E-state index >= 15 is 0 Å². The highest BCUT2D eigenvalue weighted by Crippen LogP contribution is 2.11. The number of phenols is 1. The van der Waals surface area contributed by atoms with E-state index in [-0.39, 0.29) is 30.7 Å². The van der Waals surface area contributed by atoms with Gasteiger partial charge in [-0.15, -0.1) is 0 Å². The molecule has 0 saturated heterocycles. The SMILES string of the molecule is CCC(C)NCC(=O)N[C@H](Cc1ccc(O)cc1)C(=O)O. The fourth-order valence-electron chi connectivity index (χ4n) is 1.72. The maximum absolute atomic E-state index is 11.7. The molecule has 0 fully saturated rings. The van der Waals surface area contributed by atoms with Crippen LogP contribution in [0, 0.1) is 0 Å². The Morgan fingerprint density at radius 1 is 1.24 bits per heavy atom. The van der Waals surface area contributed by atoms with E-state index in [2.05, 4.69) is 10.6 Å². The van der Waals surface area contributed by atoms with Gasteiger partial charge in [-0.2, -0.15) is 0 Å². The van der Waals surface area contributed by atoms with E-state index < -0.39 is 12.0 Å². The molecular formula is C15H22N2O4. The van der Waals surface area contributed by atoms with E-state index in [4.69, 9.17) is 0 Å². The van der Waals surface area contributed by atoms with Gasteiger partial charge in [0.15, 0.2) is 0 Å². The summed E-state index contributed by atoms with van der Waals surface area (Å²) in [5.74, 6) is -1.31. The van der Waals surface area contributed by atoms with Gasteiger partial charge in [0.2, 0.25) is 5.91 Å². The van der Waals surface area contributed by atoms with Gasteiger partial charge in [0.25, 0.3) is 0 Å². The molecule has 6 nitrogen and oxygen atoms in total. The topological polar surface area (TPSA) is 98.7 Å². The number of phenolic OH excluding ortho intramolecular Hbond substituents is 1. The Hall–Kier alpha value is -2.08. The van der Waals surface area contributed by atoms with Gasteiger partial charge in [0.05, 0.1) is 6.54 Å². The Morgan fingerprint density at radius 3 is 2.38 bits per heavy atom. The Balaban J connectivity index is 2.55. The monoisotopic (exact) mass is 294 g/mol. The number of carboxylic acid groups (broad SMARTS) is 1. The first kappa shape index (κ1) is 17.0. The second-order valence-electron chi connectivity index (χ2n) is 5.02. The molecule has 2 atom stereocenters. The van der Waals surface area contributed by atoms with Crippen molar-refractivity contribution in [1.82, 2.24) is 10.6 Å². The zero-order valence-electron chi connectivity index (χ0n) is 12.3. The van der Waals surface area contributed by atoms with E-state index in [1.165, 1.54) is 12.1 Å². The van der Waals surface area contributed by atoms with Crippen molar-refractivity contribution < 1.29 is 19.8 Å². The summed E-state index contributed by atoms with van der Waals surface area (Å²) in [7, 11) is 0. The summed E-state index contributed by atoms with van der Waals surface area (Å²) in [6, 6.07) is 5.46. The summed E-state index contributed by atoms with van der Waals surface area (Å²) in [5, 5.41) is 23.9. The van der Waals surface area contributed by atoms with Crippen LogP contribution in [0.15, 0.2) is 24.3 Å². The van der Waals surface area contributed by atoms with E-state index in [1.807, 2.05) is 13.8 Å². The summed E-state index contributed by atoms with van der Waals surface area (Å²) in [5.41, 5.74) is 0.732. The Bertz CT molecular complexity index is 473. The lowest BCUT2D eigenvalue weighted by Crippen LogP contribution is -2.46. The van der Waals surface area contributed by atoms with Crippen LogP contribution in [0.25, 0.3) is 0 Å². The smallest absolute Gasteiger partial charge is 0.326 e. The molecule has 1 aromatic rings. The van der Waals surface area contributed by atoms with Gasteiger partial charge in [-0.05, 0) is 31.0 Å². The van der Waals surface area contributed by atoms with Gasteiger partial charge in [-0.1, -0.05) is 19.1 Å². The largest absolute Gasteiger partial charge is 0.508 e. The van der Waals surface area contributed by atoms with Crippen molar-refractivity contribution in [3.8, 4) is 5.75 Å². The molecule has 0 aliphatic rings. The van der Waals surface area contributed by atoms with Crippen molar-refractivity contribution in [2.45, 2.75) is 38.8 Å². The number of carboxylic acids is 1. The van der Waals surface area contributed by atoms with Crippen molar-refractivity contribution in [1.29, 1.82) is 0 Å². The highest BCUT2D eigenvalue weighted by atomic mass is 16.4.